The van der Waals surface area contributed by atoms with E-state index in [2.05, 4.69) is 11.4 Å². The molecule has 0 saturated carbocycles. The van der Waals surface area contributed by atoms with Crippen LogP contribution in [0, 0.1) is 0 Å². The van der Waals surface area contributed by atoms with Crippen LogP contribution in [0.1, 0.15) is 0 Å². The highest BCUT2D eigenvalue weighted by Gasteiger charge is 2.13. The normalized spacial score (nSPS) is 13.3. The van der Waals surface area contributed by atoms with Gasteiger partial charge in [0.2, 0.25) is 0 Å². The Morgan fingerprint density at radius 3 is 2.82 bits per heavy atom. The number of aryl methyl sites for hydroxylation is 1. The largest absolute Gasteiger partial charge is 0.490 e. The lowest BCUT2D eigenvalue weighted by atomic mass is 10.00. The quantitative estimate of drug-likeness (QED) is 0.750. The van der Waals surface area contributed by atoms with E-state index in [0.717, 1.165) is 39.9 Å². The van der Waals surface area contributed by atoms with Crippen molar-refractivity contribution in [3.63, 3.8) is 0 Å². The van der Waals surface area contributed by atoms with E-state index in [0.29, 0.717) is 6.61 Å². The third kappa shape index (κ3) is 1.96. The fourth-order valence-electron chi connectivity index (χ4n) is 2.95. The average Bonchev–Trinajstić information content (AvgIpc) is 2.58. The Morgan fingerprint density at radius 1 is 1.14 bits per heavy atom. The highest BCUT2D eigenvalue weighted by atomic mass is 16.5. The summed E-state index contributed by atoms with van der Waals surface area (Å²) in [5.41, 5.74) is 3.15. The van der Waals surface area contributed by atoms with Gasteiger partial charge in [0.1, 0.15) is 12.4 Å². The first kappa shape index (κ1) is 13.0. The first-order valence-electron chi connectivity index (χ1n) is 7.33. The minimum atomic E-state index is 0.0266. The van der Waals surface area contributed by atoms with Gasteiger partial charge in [-0.05, 0) is 29.1 Å². The molecule has 4 rings (SSSR count). The molecular weight excluding hydrogens is 276 g/mol. The predicted molar refractivity (Wildman–Crippen MR) is 88.6 cm³/mol. The summed E-state index contributed by atoms with van der Waals surface area (Å²) in [7, 11) is 1.79. The van der Waals surface area contributed by atoms with Gasteiger partial charge in [0.25, 0.3) is 5.56 Å². The van der Waals surface area contributed by atoms with Crippen molar-refractivity contribution < 1.29 is 4.74 Å². The van der Waals surface area contributed by atoms with E-state index in [1.165, 1.54) is 0 Å². The number of benzene rings is 2. The minimum absolute atomic E-state index is 0.0266. The van der Waals surface area contributed by atoms with E-state index in [4.69, 9.17) is 4.74 Å². The van der Waals surface area contributed by atoms with Crippen molar-refractivity contribution in [2.45, 2.75) is 0 Å². The number of nitrogens with zero attached hydrogens (tertiary/aromatic N) is 1. The highest BCUT2D eigenvalue weighted by Crippen LogP contribution is 2.34. The fourth-order valence-corrected chi connectivity index (χ4v) is 2.95. The first-order chi connectivity index (χ1) is 10.7. The van der Waals surface area contributed by atoms with Crippen LogP contribution in [-0.4, -0.2) is 17.7 Å². The van der Waals surface area contributed by atoms with Crippen LogP contribution in [0.25, 0.3) is 21.9 Å². The van der Waals surface area contributed by atoms with Crippen LogP contribution in [-0.2, 0) is 7.05 Å². The second-order valence-corrected chi connectivity index (χ2v) is 5.49. The molecule has 0 atom stereocenters. The maximum absolute atomic E-state index is 12.3. The van der Waals surface area contributed by atoms with E-state index in [-0.39, 0.29) is 5.56 Å². The molecule has 4 nitrogen and oxygen atoms in total. The molecule has 0 saturated heterocycles. The van der Waals surface area contributed by atoms with E-state index in [9.17, 15) is 4.79 Å². The Morgan fingerprint density at radius 2 is 1.95 bits per heavy atom. The van der Waals surface area contributed by atoms with Crippen molar-refractivity contribution in [2.24, 2.45) is 7.05 Å². The highest BCUT2D eigenvalue weighted by molar-refractivity contribution is 5.96. The Bertz CT molecular complexity index is 928. The molecule has 2 aromatic carbocycles. The topological polar surface area (TPSA) is 43.3 Å². The van der Waals surface area contributed by atoms with Gasteiger partial charge in [-0.25, -0.2) is 0 Å². The standard InChI is InChI=1S/C18H16N2O2/c1-20-11-15(13-4-2-3-5-14(13)18(20)21)12-6-7-17-16(10-12)19-8-9-22-17/h2-7,10-11,19H,8-9H2,1H3. The number of aromatic nitrogens is 1. The number of hydrogen-bond acceptors (Lipinski definition) is 3. The van der Waals surface area contributed by atoms with Crippen molar-refractivity contribution in [3.8, 4) is 16.9 Å². The van der Waals surface area contributed by atoms with Crippen molar-refractivity contribution >= 4 is 16.5 Å². The third-order valence-electron chi connectivity index (χ3n) is 4.06. The Labute approximate surface area is 128 Å². The van der Waals surface area contributed by atoms with Crippen LogP contribution in [0.4, 0.5) is 5.69 Å². The Hall–Kier alpha value is -2.75. The third-order valence-corrected chi connectivity index (χ3v) is 4.06. The Kier molecular flexibility index (Phi) is 2.89. The molecule has 2 heterocycles. The molecule has 1 N–H and O–H groups in total. The van der Waals surface area contributed by atoms with Gasteiger partial charge in [0.05, 0.1) is 5.69 Å². The van der Waals surface area contributed by atoms with Crippen LogP contribution < -0.4 is 15.6 Å². The number of fused-ring (bicyclic) bond motifs is 2. The average molecular weight is 292 g/mol. The second-order valence-electron chi connectivity index (χ2n) is 5.49. The molecule has 0 bridgehead atoms. The van der Waals surface area contributed by atoms with Crippen LogP contribution >= 0.6 is 0 Å². The molecule has 1 aliphatic heterocycles. The van der Waals surface area contributed by atoms with Crippen LogP contribution in [0.15, 0.2) is 53.5 Å². The summed E-state index contributed by atoms with van der Waals surface area (Å²) in [5.74, 6) is 0.879. The molecule has 0 fully saturated rings. The molecule has 0 spiro atoms. The molecule has 4 heteroatoms. The number of rotatable bonds is 1. The van der Waals surface area contributed by atoms with Gasteiger partial charge >= 0.3 is 0 Å². The molecular formula is C18H16N2O2. The van der Waals surface area contributed by atoms with E-state index in [1.54, 1.807) is 11.6 Å². The van der Waals surface area contributed by atoms with Crippen LogP contribution in [0.2, 0.25) is 0 Å². The van der Waals surface area contributed by atoms with E-state index in [1.807, 2.05) is 42.6 Å². The predicted octanol–water partition coefficient (Wildman–Crippen LogP) is 3.01. The van der Waals surface area contributed by atoms with Gasteiger partial charge in [0, 0.05) is 30.7 Å². The fraction of sp³-hybridized carbons (Fsp3) is 0.167. The number of anilines is 1. The lowest BCUT2D eigenvalue weighted by Gasteiger charge is -2.20. The molecule has 1 aromatic heterocycles. The molecule has 22 heavy (non-hydrogen) atoms. The zero-order valence-electron chi connectivity index (χ0n) is 12.3. The number of hydrogen-bond donors (Lipinski definition) is 1. The van der Waals surface area contributed by atoms with E-state index < -0.39 is 0 Å². The molecule has 0 radical (unpaired) electrons. The Balaban J connectivity index is 1.98. The van der Waals surface area contributed by atoms with Crippen LogP contribution in [0.3, 0.4) is 0 Å². The summed E-state index contributed by atoms with van der Waals surface area (Å²) in [6, 6.07) is 13.8. The minimum Gasteiger partial charge on any atom is -0.490 e. The lowest BCUT2D eigenvalue weighted by molar-refractivity contribution is 0.323. The smallest absolute Gasteiger partial charge is 0.258 e. The van der Waals surface area contributed by atoms with Gasteiger partial charge in [0.15, 0.2) is 0 Å². The molecule has 0 amide bonds. The molecule has 0 aliphatic carbocycles. The van der Waals surface area contributed by atoms with Crippen molar-refractivity contribution in [1.82, 2.24) is 4.57 Å². The second kappa shape index (κ2) is 4.91. The lowest BCUT2D eigenvalue weighted by Crippen LogP contribution is -2.18. The van der Waals surface area contributed by atoms with E-state index >= 15 is 0 Å². The summed E-state index contributed by atoms with van der Waals surface area (Å²) >= 11 is 0. The maximum atomic E-state index is 12.3. The van der Waals surface area contributed by atoms with Gasteiger partial charge in [-0.2, -0.15) is 0 Å². The van der Waals surface area contributed by atoms with Crippen molar-refractivity contribution in [1.29, 1.82) is 0 Å². The first-order valence-corrected chi connectivity index (χ1v) is 7.33. The van der Waals surface area contributed by atoms with Gasteiger partial charge in [-0.3, -0.25) is 4.79 Å². The van der Waals surface area contributed by atoms with Gasteiger partial charge < -0.3 is 14.6 Å². The van der Waals surface area contributed by atoms with Crippen molar-refractivity contribution in [2.75, 3.05) is 18.5 Å². The summed E-state index contributed by atoms with van der Waals surface area (Å²) in [6.45, 7) is 1.50. The van der Waals surface area contributed by atoms with Gasteiger partial charge in [-0.1, -0.05) is 24.3 Å². The number of nitrogens with one attached hydrogen (secondary N) is 1. The molecule has 110 valence electrons. The van der Waals surface area contributed by atoms with Gasteiger partial charge in [-0.15, -0.1) is 0 Å². The summed E-state index contributed by atoms with van der Waals surface area (Å²) < 4.78 is 7.27. The summed E-state index contributed by atoms with van der Waals surface area (Å²) in [5, 5.41) is 5.07. The number of pyridine rings is 1. The van der Waals surface area contributed by atoms with Crippen LogP contribution in [0.5, 0.6) is 5.75 Å². The number of ether oxygens (including phenoxy) is 1. The zero-order chi connectivity index (χ0) is 15.1. The zero-order valence-corrected chi connectivity index (χ0v) is 12.3. The van der Waals surface area contributed by atoms with Crippen molar-refractivity contribution in [3.05, 3.63) is 59.0 Å². The SMILES string of the molecule is Cn1cc(-c2ccc3c(c2)NCCO3)c2ccccc2c1=O. The monoisotopic (exact) mass is 292 g/mol. The molecule has 1 aliphatic rings. The summed E-state index contributed by atoms with van der Waals surface area (Å²) in [4.78, 5) is 12.3. The molecule has 3 aromatic rings. The molecule has 0 unspecified atom stereocenters. The summed E-state index contributed by atoms with van der Waals surface area (Å²) in [6.07, 6.45) is 1.90. The maximum Gasteiger partial charge on any atom is 0.258 e.